The predicted octanol–water partition coefficient (Wildman–Crippen LogP) is 0.302. The largest absolute Gasteiger partial charge is 0.378 e. The number of piperazine rings is 1. The first-order valence-corrected chi connectivity index (χ1v) is 8.86. The molecule has 1 aromatic rings. The molecule has 2 N–H and O–H groups in total. The van der Waals surface area contributed by atoms with E-state index in [0.29, 0.717) is 13.2 Å². The van der Waals surface area contributed by atoms with E-state index in [9.17, 15) is 4.79 Å². The number of hydrogen-bond acceptors (Lipinski definition) is 5. The molecule has 6 heteroatoms. The third-order valence-electron chi connectivity index (χ3n) is 4.65. The summed E-state index contributed by atoms with van der Waals surface area (Å²) in [4.78, 5) is 17.1. The van der Waals surface area contributed by atoms with E-state index in [2.05, 4.69) is 57.7 Å². The maximum atomic E-state index is 12.2. The lowest BCUT2D eigenvalue weighted by Crippen LogP contribution is -2.55. The van der Waals surface area contributed by atoms with E-state index < -0.39 is 0 Å². The van der Waals surface area contributed by atoms with Gasteiger partial charge in [-0.2, -0.15) is 0 Å². The molecule has 0 radical (unpaired) electrons. The number of nitrogens with zero attached hydrogens (tertiary/aromatic N) is 2. The molecule has 24 heavy (non-hydrogen) atoms. The van der Waals surface area contributed by atoms with Gasteiger partial charge in [0.1, 0.15) is 6.04 Å². The first-order valence-electron chi connectivity index (χ1n) is 8.86. The number of para-hydroxylation sites is 1. The van der Waals surface area contributed by atoms with E-state index in [0.717, 1.165) is 39.3 Å². The van der Waals surface area contributed by atoms with E-state index >= 15 is 0 Å². The zero-order valence-electron chi connectivity index (χ0n) is 14.4. The van der Waals surface area contributed by atoms with Gasteiger partial charge in [-0.1, -0.05) is 18.2 Å². The Morgan fingerprint density at radius 2 is 2.04 bits per heavy atom. The van der Waals surface area contributed by atoms with Crippen molar-refractivity contribution in [3.63, 3.8) is 0 Å². The summed E-state index contributed by atoms with van der Waals surface area (Å²) in [5, 5.41) is 6.30. The first kappa shape index (κ1) is 17.2. The van der Waals surface area contributed by atoms with Gasteiger partial charge in [0.2, 0.25) is 5.91 Å². The fourth-order valence-corrected chi connectivity index (χ4v) is 3.34. The van der Waals surface area contributed by atoms with E-state index in [1.807, 2.05) is 0 Å². The summed E-state index contributed by atoms with van der Waals surface area (Å²) >= 11 is 0. The quantitative estimate of drug-likeness (QED) is 0.812. The van der Waals surface area contributed by atoms with Crippen LogP contribution in [0.1, 0.15) is 6.92 Å². The van der Waals surface area contributed by atoms with Gasteiger partial charge >= 0.3 is 0 Å². The summed E-state index contributed by atoms with van der Waals surface area (Å²) in [6, 6.07) is 10.5. The van der Waals surface area contributed by atoms with Crippen molar-refractivity contribution in [2.45, 2.75) is 19.0 Å². The van der Waals surface area contributed by atoms with E-state index in [4.69, 9.17) is 4.74 Å². The molecular weight excluding hydrogens is 304 g/mol. The van der Waals surface area contributed by atoms with Gasteiger partial charge in [0, 0.05) is 51.0 Å². The molecule has 2 aliphatic rings. The monoisotopic (exact) mass is 332 g/mol. The number of rotatable bonds is 5. The number of carbonyl (C=O) groups is 1. The molecule has 1 aromatic carbocycles. The molecule has 2 saturated heterocycles. The Kier molecular flexibility index (Phi) is 6.07. The van der Waals surface area contributed by atoms with Gasteiger partial charge in [-0.15, -0.1) is 0 Å². The lowest BCUT2D eigenvalue weighted by molar-refractivity contribution is -0.126. The highest BCUT2D eigenvalue weighted by Crippen LogP contribution is 2.15. The number of morpholine rings is 1. The van der Waals surface area contributed by atoms with Crippen molar-refractivity contribution in [2.24, 2.45) is 0 Å². The van der Waals surface area contributed by atoms with Gasteiger partial charge in [0.15, 0.2) is 0 Å². The van der Waals surface area contributed by atoms with Gasteiger partial charge < -0.3 is 20.3 Å². The summed E-state index contributed by atoms with van der Waals surface area (Å²) in [6.07, 6.45) is 0. The van der Waals surface area contributed by atoms with Crippen LogP contribution in [0.3, 0.4) is 0 Å². The minimum atomic E-state index is -0.212. The van der Waals surface area contributed by atoms with Crippen molar-refractivity contribution >= 4 is 11.6 Å². The second kappa shape index (κ2) is 8.46. The molecular formula is C18H28N4O2. The molecule has 0 saturated carbocycles. The summed E-state index contributed by atoms with van der Waals surface area (Å²) in [7, 11) is 0. The van der Waals surface area contributed by atoms with E-state index in [-0.39, 0.29) is 18.0 Å². The average Bonchev–Trinajstić information content (AvgIpc) is 2.64. The third-order valence-corrected chi connectivity index (χ3v) is 4.65. The molecule has 2 heterocycles. The van der Waals surface area contributed by atoms with Crippen LogP contribution in [-0.4, -0.2) is 75.4 Å². The molecule has 132 valence electrons. The Morgan fingerprint density at radius 1 is 1.29 bits per heavy atom. The first-order chi connectivity index (χ1) is 11.7. The summed E-state index contributed by atoms with van der Waals surface area (Å²) < 4.78 is 5.35. The number of ether oxygens (including phenoxy) is 1. The molecule has 2 fully saturated rings. The van der Waals surface area contributed by atoms with E-state index in [1.165, 1.54) is 5.69 Å². The Labute approximate surface area is 144 Å². The van der Waals surface area contributed by atoms with Crippen LogP contribution < -0.4 is 15.5 Å². The zero-order chi connectivity index (χ0) is 16.8. The molecule has 2 unspecified atom stereocenters. The molecule has 1 amide bonds. The molecule has 3 rings (SSSR count). The second-order valence-electron chi connectivity index (χ2n) is 6.61. The summed E-state index contributed by atoms with van der Waals surface area (Å²) in [5.74, 6) is 0.0464. The smallest absolute Gasteiger partial charge is 0.239 e. The highest BCUT2D eigenvalue weighted by Gasteiger charge is 2.24. The molecule has 2 atom stereocenters. The number of hydrogen-bond donors (Lipinski definition) is 2. The van der Waals surface area contributed by atoms with Crippen molar-refractivity contribution in [1.29, 1.82) is 0 Å². The molecule has 6 nitrogen and oxygen atoms in total. The zero-order valence-corrected chi connectivity index (χ0v) is 14.4. The van der Waals surface area contributed by atoms with Gasteiger partial charge in [0.05, 0.1) is 13.2 Å². The van der Waals surface area contributed by atoms with Crippen LogP contribution in [0.5, 0.6) is 0 Å². The van der Waals surface area contributed by atoms with Crippen molar-refractivity contribution in [1.82, 2.24) is 15.5 Å². The summed E-state index contributed by atoms with van der Waals surface area (Å²) in [5.41, 5.74) is 1.29. The van der Waals surface area contributed by atoms with Crippen LogP contribution in [0.15, 0.2) is 30.3 Å². The van der Waals surface area contributed by atoms with Crippen LogP contribution >= 0.6 is 0 Å². The topological polar surface area (TPSA) is 56.8 Å². The number of nitrogens with one attached hydrogen (secondary N) is 2. The molecule has 0 bridgehead atoms. The third kappa shape index (κ3) is 4.69. The Hall–Kier alpha value is -1.63. The lowest BCUT2D eigenvalue weighted by atomic mass is 10.2. The normalized spacial score (nSPS) is 23.7. The van der Waals surface area contributed by atoms with Gasteiger partial charge in [-0.3, -0.25) is 9.69 Å². The fourth-order valence-electron chi connectivity index (χ4n) is 3.34. The maximum Gasteiger partial charge on any atom is 0.239 e. The molecule has 0 spiro atoms. The minimum absolute atomic E-state index is 0.0464. The number of carbonyl (C=O) groups excluding carboxylic acids is 1. The van der Waals surface area contributed by atoms with Crippen LogP contribution in [0.2, 0.25) is 0 Å². The Bertz CT molecular complexity index is 511. The van der Waals surface area contributed by atoms with Crippen molar-refractivity contribution in [2.75, 3.05) is 57.4 Å². The van der Waals surface area contributed by atoms with Gasteiger partial charge in [-0.25, -0.2) is 0 Å². The van der Waals surface area contributed by atoms with Gasteiger partial charge in [0.25, 0.3) is 0 Å². The van der Waals surface area contributed by atoms with E-state index in [1.54, 1.807) is 0 Å². The number of benzene rings is 1. The Morgan fingerprint density at radius 3 is 2.71 bits per heavy atom. The molecule has 0 aliphatic carbocycles. The average molecular weight is 332 g/mol. The van der Waals surface area contributed by atoms with Crippen molar-refractivity contribution in [3.05, 3.63) is 30.3 Å². The lowest BCUT2D eigenvalue weighted by Gasteiger charge is -2.37. The fraction of sp³-hybridized carbons (Fsp3) is 0.611. The van der Waals surface area contributed by atoms with Crippen LogP contribution in [0.25, 0.3) is 0 Å². The second-order valence-corrected chi connectivity index (χ2v) is 6.61. The van der Waals surface area contributed by atoms with Gasteiger partial charge in [-0.05, 0) is 19.1 Å². The molecule has 2 aliphatic heterocycles. The Balaban J connectivity index is 1.40. The van der Waals surface area contributed by atoms with Crippen LogP contribution in [-0.2, 0) is 9.53 Å². The number of anilines is 1. The highest BCUT2D eigenvalue weighted by molar-refractivity contribution is 5.82. The van der Waals surface area contributed by atoms with Crippen LogP contribution in [0, 0.1) is 0 Å². The summed E-state index contributed by atoms with van der Waals surface area (Å²) in [6.45, 7) is 8.98. The van der Waals surface area contributed by atoms with Crippen molar-refractivity contribution in [3.8, 4) is 0 Å². The maximum absolute atomic E-state index is 12.2. The predicted molar refractivity (Wildman–Crippen MR) is 95.3 cm³/mol. The minimum Gasteiger partial charge on any atom is -0.378 e. The van der Waals surface area contributed by atoms with Crippen molar-refractivity contribution < 1.29 is 9.53 Å². The van der Waals surface area contributed by atoms with Crippen LogP contribution in [0.4, 0.5) is 5.69 Å². The highest BCUT2D eigenvalue weighted by atomic mass is 16.5. The standard InChI is InChI=1S/C18H28N4O2/c1-15(20-18(23)17-14-24-12-7-19-17)13-21-8-10-22(11-9-21)16-5-3-2-4-6-16/h2-6,15,17,19H,7-14H2,1H3,(H,20,23). The number of amides is 1. The SMILES string of the molecule is CC(CN1CCN(c2ccccc2)CC1)NC(=O)C1COCCN1. The molecule has 0 aromatic heterocycles.